The lowest BCUT2D eigenvalue weighted by atomic mass is 9.92. The number of nitrogens with two attached hydrogens (primary N) is 1. The maximum Gasteiger partial charge on any atom is 0.328 e. The van der Waals surface area contributed by atoms with Crippen molar-refractivity contribution >= 4 is 29.6 Å². The number of aryl methyl sites for hydroxylation is 1. The molecule has 33 heavy (non-hydrogen) atoms. The number of fused-ring (bicyclic) bond motifs is 1. The molecule has 2 atom stereocenters. The molecule has 0 aromatic carbocycles. The topological polar surface area (TPSA) is 181 Å². The van der Waals surface area contributed by atoms with Gasteiger partial charge in [0.1, 0.15) is 17.6 Å². The Labute approximate surface area is 189 Å². The van der Waals surface area contributed by atoms with Gasteiger partial charge in [-0.3, -0.25) is 19.4 Å². The quantitative estimate of drug-likeness (QED) is 0.325. The highest BCUT2D eigenvalue weighted by Gasteiger charge is 2.25. The summed E-state index contributed by atoms with van der Waals surface area (Å²) in [4.78, 5) is 57.7. The first kappa shape index (κ1) is 23.8. The lowest BCUT2D eigenvalue weighted by Crippen LogP contribution is -2.42. The molecule has 1 aliphatic heterocycles. The van der Waals surface area contributed by atoms with Crippen molar-refractivity contribution in [3.63, 3.8) is 0 Å². The van der Waals surface area contributed by atoms with Crippen molar-refractivity contribution in [1.82, 2.24) is 20.3 Å². The molecule has 0 aliphatic carbocycles. The molecule has 2 aromatic rings. The number of ether oxygens (including phenoxy) is 2. The Hall–Kier alpha value is -3.83. The van der Waals surface area contributed by atoms with Crippen LogP contribution in [0.5, 0.6) is 0 Å². The fourth-order valence-electron chi connectivity index (χ4n) is 3.73. The van der Waals surface area contributed by atoms with Gasteiger partial charge in [0.25, 0.3) is 11.5 Å². The Morgan fingerprint density at radius 3 is 2.76 bits per heavy atom. The fourth-order valence-corrected chi connectivity index (χ4v) is 3.73. The van der Waals surface area contributed by atoms with Crippen LogP contribution in [-0.2, 0) is 31.9 Å². The zero-order valence-electron chi connectivity index (χ0n) is 18.5. The Kier molecular flexibility index (Phi) is 7.70. The number of hydrogen-bond acceptors (Lipinski definition) is 9. The number of carbonyl (C=O) groups is 3. The molecule has 3 heterocycles. The lowest BCUT2D eigenvalue weighted by molar-refractivity contribution is -0.144. The summed E-state index contributed by atoms with van der Waals surface area (Å²) in [5, 5.41) is 5.74. The molecular weight excluding hydrogens is 432 g/mol. The molecule has 0 bridgehead atoms. The van der Waals surface area contributed by atoms with Crippen LogP contribution in [-0.4, -0.2) is 59.6 Å². The zero-order chi connectivity index (χ0) is 24.0. The number of esters is 2. The summed E-state index contributed by atoms with van der Waals surface area (Å²) in [7, 11) is 2.46. The number of nitrogens with one attached hydrogen (secondary N) is 4. The average Bonchev–Trinajstić information content (AvgIpc) is 3.28. The molecule has 0 saturated carbocycles. The summed E-state index contributed by atoms with van der Waals surface area (Å²) in [6.45, 7) is 0.665. The molecule has 6 N–H and O–H groups in total. The molecule has 2 aromatic heterocycles. The summed E-state index contributed by atoms with van der Waals surface area (Å²) < 4.78 is 9.28. The van der Waals surface area contributed by atoms with Crippen molar-refractivity contribution in [3.8, 4) is 0 Å². The Morgan fingerprint density at radius 2 is 2.03 bits per heavy atom. The second kappa shape index (κ2) is 10.7. The Balaban J connectivity index is 1.55. The molecule has 0 saturated heterocycles. The first-order valence-electron chi connectivity index (χ1n) is 10.6. The van der Waals surface area contributed by atoms with Gasteiger partial charge in [0.15, 0.2) is 0 Å². The zero-order valence-corrected chi connectivity index (χ0v) is 18.5. The highest BCUT2D eigenvalue weighted by Crippen LogP contribution is 2.23. The first-order chi connectivity index (χ1) is 15.8. The van der Waals surface area contributed by atoms with Gasteiger partial charge in [-0.25, -0.2) is 4.79 Å². The van der Waals surface area contributed by atoms with Gasteiger partial charge in [-0.2, -0.15) is 4.98 Å². The van der Waals surface area contributed by atoms with E-state index in [1.54, 1.807) is 12.1 Å². The van der Waals surface area contributed by atoms with E-state index in [1.807, 2.05) is 0 Å². The number of rotatable bonds is 9. The maximum atomic E-state index is 12.6. The molecule has 178 valence electrons. The van der Waals surface area contributed by atoms with Crippen molar-refractivity contribution in [2.24, 2.45) is 5.92 Å². The van der Waals surface area contributed by atoms with Gasteiger partial charge in [0.05, 0.1) is 19.8 Å². The molecule has 0 radical (unpaired) electrons. The molecule has 0 fully saturated rings. The first-order valence-corrected chi connectivity index (χ1v) is 10.6. The molecule has 1 aliphatic rings. The summed E-state index contributed by atoms with van der Waals surface area (Å²) in [5.74, 6) is -0.784. The summed E-state index contributed by atoms with van der Waals surface area (Å²) >= 11 is 0. The summed E-state index contributed by atoms with van der Waals surface area (Å²) in [6.07, 6.45) is 2.06. The fraction of sp³-hybridized carbons (Fsp3) is 0.476. The van der Waals surface area contributed by atoms with Crippen LogP contribution < -0.4 is 21.9 Å². The van der Waals surface area contributed by atoms with Crippen molar-refractivity contribution in [2.45, 2.75) is 38.1 Å². The van der Waals surface area contributed by atoms with E-state index < -0.39 is 23.9 Å². The largest absolute Gasteiger partial charge is 0.469 e. The smallest absolute Gasteiger partial charge is 0.328 e. The summed E-state index contributed by atoms with van der Waals surface area (Å²) in [6, 6.07) is 2.46. The standard InChI is InChI=1S/C21H28N6O6/c1-32-16(28)8-7-15(20(31)33-2)25-19(30)14-6-5-12(24-14)4-3-11-9-13-17(23-10-11)26-21(22)27-18(13)29/h5-6,11,15,24H,3-4,7-10H2,1-2H3,(H,25,30)(H4,22,23,26,27,29)/t11?,15-/m0/s1. The number of aromatic nitrogens is 3. The van der Waals surface area contributed by atoms with Crippen molar-refractivity contribution < 1.29 is 23.9 Å². The Morgan fingerprint density at radius 1 is 1.24 bits per heavy atom. The predicted octanol–water partition coefficient (Wildman–Crippen LogP) is 0.122. The number of methoxy groups -OCH3 is 2. The maximum absolute atomic E-state index is 12.6. The highest BCUT2D eigenvalue weighted by molar-refractivity contribution is 5.95. The van der Waals surface area contributed by atoms with Gasteiger partial charge in [0, 0.05) is 18.7 Å². The van der Waals surface area contributed by atoms with Crippen LogP contribution in [0.3, 0.4) is 0 Å². The lowest BCUT2D eigenvalue weighted by Gasteiger charge is -2.24. The van der Waals surface area contributed by atoms with Crippen LogP contribution >= 0.6 is 0 Å². The highest BCUT2D eigenvalue weighted by atomic mass is 16.5. The monoisotopic (exact) mass is 460 g/mol. The minimum absolute atomic E-state index is 0.0317. The number of nitrogen functional groups attached to an aromatic ring is 1. The SMILES string of the molecule is COC(=O)CC[C@H](NC(=O)c1ccc(CCC2CNc3nc(N)[nH]c(=O)c3C2)[nH]1)C(=O)OC. The van der Waals surface area contributed by atoms with Crippen LogP contribution in [0.1, 0.15) is 41.0 Å². The number of carbonyl (C=O) groups excluding carboxylic acids is 3. The van der Waals surface area contributed by atoms with Crippen molar-refractivity contribution in [3.05, 3.63) is 39.4 Å². The van der Waals surface area contributed by atoms with E-state index in [1.165, 1.54) is 14.2 Å². The molecule has 12 heteroatoms. The van der Waals surface area contributed by atoms with Gasteiger partial charge in [-0.15, -0.1) is 0 Å². The third-order valence-electron chi connectivity index (χ3n) is 5.55. The van der Waals surface area contributed by atoms with Gasteiger partial charge >= 0.3 is 11.9 Å². The van der Waals surface area contributed by atoms with Crippen molar-refractivity contribution in [2.75, 3.05) is 31.8 Å². The van der Waals surface area contributed by atoms with Gasteiger partial charge in [-0.1, -0.05) is 0 Å². The predicted molar refractivity (Wildman–Crippen MR) is 119 cm³/mol. The van der Waals surface area contributed by atoms with Gasteiger partial charge in [-0.05, 0) is 43.7 Å². The number of anilines is 2. The van der Waals surface area contributed by atoms with E-state index >= 15 is 0 Å². The molecule has 1 unspecified atom stereocenters. The van der Waals surface area contributed by atoms with E-state index in [2.05, 4.69) is 30.3 Å². The molecule has 0 spiro atoms. The second-order valence-corrected chi connectivity index (χ2v) is 7.83. The van der Waals surface area contributed by atoms with Crippen LogP contribution in [0.15, 0.2) is 16.9 Å². The van der Waals surface area contributed by atoms with Crippen LogP contribution in [0.25, 0.3) is 0 Å². The number of aromatic amines is 2. The van der Waals surface area contributed by atoms with E-state index in [9.17, 15) is 19.2 Å². The molecule has 1 amide bonds. The number of nitrogens with zero attached hydrogens (tertiary/aromatic N) is 1. The summed E-state index contributed by atoms with van der Waals surface area (Å²) in [5.41, 5.74) is 7.07. The number of hydrogen-bond donors (Lipinski definition) is 5. The van der Waals surface area contributed by atoms with Crippen LogP contribution in [0.4, 0.5) is 11.8 Å². The van der Waals surface area contributed by atoms with E-state index in [0.717, 1.165) is 12.1 Å². The normalized spacial score (nSPS) is 15.6. The van der Waals surface area contributed by atoms with Crippen molar-refractivity contribution in [1.29, 1.82) is 0 Å². The third-order valence-corrected chi connectivity index (χ3v) is 5.55. The molecule has 12 nitrogen and oxygen atoms in total. The van der Waals surface area contributed by atoms with Gasteiger partial charge in [0.2, 0.25) is 5.95 Å². The second-order valence-electron chi connectivity index (χ2n) is 7.83. The molecular formula is C21H28N6O6. The van der Waals surface area contributed by atoms with E-state index in [0.29, 0.717) is 36.5 Å². The van der Waals surface area contributed by atoms with Gasteiger partial charge < -0.3 is 30.8 Å². The number of amides is 1. The molecule has 3 rings (SSSR count). The average molecular weight is 460 g/mol. The van der Waals surface area contributed by atoms with E-state index in [-0.39, 0.29) is 30.3 Å². The Bertz CT molecular complexity index is 1080. The minimum atomic E-state index is -0.970. The van der Waals surface area contributed by atoms with Crippen LogP contribution in [0.2, 0.25) is 0 Å². The van der Waals surface area contributed by atoms with E-state index in [4.69, 9.17) is 10.5 Å². The van der Waals surface area contributed by atoms with Crippen LogP contribution in [0, 0.1) is 5.92 Å². The minimum Gasteiger partial charge on any atom is -0.469 e. The third kappa shape index (κ3) is 6.11. The number of H-pyrrole nitrogens is 2.